The van der Waals surface area contributed by atoms with Gasteiger partial charge in [0.1, 0.15) is 12.4 Å². The lowest BCUT2D eigenvalue weighted by Gasteiger charge is -2.14. The fourth-order valence-electron chi connectivity index (χ4n) is 2.29. The molecule has 1 aromatic heterocycles. The molecule has 1 atom stereocenters. The minimum absolute atomic E-state index is 0.000557. The van der Waals surface area contributed by atoms with Gasteiger partial charge in [-0.3, -0.25) is 9.59 Å². The summed E-state index contributed by atoms with van der Waals surface area (Å²) < 4.78 is 24.3. The lowest BCUT2D eigenvalue weighted by atomic mass is 10.2. The third kappa shape index (κ3) is 5.91. The van der Waals surface area contributed by atoms with Crippen LogP contribution in [0.4, 0.5) is 4.39 Å². The first-order chi connectivity index (χ1) is 12.3. The molecule has 2 rings (SSSR count). The molecule has 0 fully saturated rings. The molecule has 0 spiro atoms. The molecule has 0 aliphatic carbocycles. The average Bonchev–Trinajstić information content (AvgIpc) is 3.02. The van der Waals surface area contributed by atoms with Gasteiger partial charge in [0, 0.05) is 18.5 Å². The summed E-state index contributed by atoms with van der Waals surface area (Å²) in [5.41, 5.74) is 0. The Kier molecular flexibility index (Phi) is 6.77. The van der Waals surface area contributed by atoms with Gasteiger partial charge in [-0.1, -0.05) is 12.1 Å². The highest BCUT2D eigenvalue weighted by atomic mass is 19.1. The van der Waals surface area contributed by atoms with E-state index < -0.39 is 11.7 Å². The van der Waals surface area contributed by atoms with Gasteiger partial charge in [0.2, 0.25) is 5.91 Å². The highest BCUT2D eigenvalue weighted by Crippen LogP contribution is 2.18. The Bertz CT molecular complexity index is 758. The predicted octanol–water partition coefficient (Wildman–Crippen LogP) is 3.03. The molecule has 1 aromatic carbocycles. The Labute approximate surface area is 151 Å². The molecule has 7 heteroatoms. The van der Waals surface area contributed by atoms with Gasteiger partial charge in [0.25, 0.3) is 5.91 Å². The van der Waals surface area contributed by atoms with E-state index in [4.69, 9.17) is 9.15 Å². The molecule has 26 heavy (non-hydrogen) atoms. The molecule has 6 nitrogen and oxygen atoms in total. The lowest BCUT2D eigenvalue weighted by Crippen LogP contribution is -2.39. The van der Waals surface area contributed by atoms with E-state index >= 15 is 0 Å². The molecule has 0 aliphatic rings. The average molecular weight is 362 g/mol. The van der Waals surface area contributed by atoms with Crippen molar-refractivity contribution in [3.63, 3.8) is 0 Å². The molecule has 0 saturated heterocycles. The third-order valence-corrected chi connectivity index (χ3v) is 3.41. The van der Waals surface area contributed by atoms with Crippen LogP contribution in [0, 0.1) is 5.82 Å². The van der Waals surface area contributed by atoms with E-state index in [-0.39, 0.29) is 42.5 Å². The molecule has 2 N–H and O–H groups in total. The maximum absolute atomic E-state index is 13.5. The molecule has 0 radical (unpaired) electrons. The van der Waals surface area contributed by atoms with Crippen LogP contribution in [-0.4, -0.2) is 23.9 Å². The minimum Gasteiger partial charge on any atom is -0.483 e. The molecule has 0 unspecified atom stereocenters. The summed E-state index contributed by atoms with van der Waals surface area (Å²) in [6.07, 6.45) is 0.174. The molecular weight excluding hydrogens is 339 g/mol. The standard InChI is InChI=1S/C19H23FN2O4/c1-12(2)21-18(23)10-13(3)22-19(24)17-9-8-14(26-17)11-25-16-7-5-4-6-15(16)20/h4-9,12-13H,10-11H2,1-3H3,(H,21,23)(H,22,24)/t13-/m0/s1. The van der Waals surface area contributed by atoms with Crippen LogP contribution in [-0.2, 0) is 11.4 Å². The number of benzene rings is 1. The number of para-hydroxylation sites is 1. The largest absolute Gasteiger partial charge is 0.483 e. The van der Waals surface area contributed by atoms with Crippen LogP contribution in [0.15, 0.2) is 40.8 Å². The quantitative estimate of drug-likeness (QED) is 0.756. The zero-order valence-electron chi connectivity index (χ0n) is 15.0. The first-order valence-corrected chi connectivity index (χ1v) is 8.41. The number of amides is 2. The van der Waals surface area contributed by atoms with E-state index in [1.807, 2.05) is 13.8 Å². The molecule has 0 saturated carbocycles. The second kappa shape index (κ2) is 9.03. The number of nitrogens with one attached hydrogen (secondary N) is 2. The van der Waals surface area contributed by atoms with Gasteiger partial charge in [-0.2, -0.15) is 0 Å². The number of carbonyl (C=O) groups is 2. The second-order valence-electron chi connectivity index (χ2n) is 6.29. The van der Waals surface area contributed by atoms with Crippen molar-refractivity contribution in [3.05, 3.63) is 53.7 Å². The first kappa shape index (κ1) is 19.5. The Balaban J connectivity index is 1.85. The van der Waals surface area contributed by atoms with Crippen molar-refractivity contribution in [1.82, 2.24) is 10.6 Å². The molecule has 1 heterocycles. The van der Waals surface area contributed by atoms with Crippen LogP contribution in [0.5, 0.6) is 5.75 Å². The summed E-state index contributed by atoms with van der Waals surface area (Å²) in [6.45, 7) is 5.48. The number of rotatable bonds is 8. The number of ether oxygens (including phenoxy) is 1. The summed E-state index contributed by atoms with van der Waals surface area (Å²) in [4.78, 5) is 23.9. The summed E-state index contributed by atoms with van der Waals surface area (Å²) in [6, 6.07) is 8.85. The van der Waals surface area contributed by atoms with Crippen LogP contribution in [0.2, 0.25) is 0 Å². The van der Waals surface area contributed by atoms with Gasteiger partial charge < -0.3 is 19.8 Å². The molecule has 0 aliphatic heterocycles. The molecule has 0 bridgehead atoms. The lowest BCUT2D eigenvalue weighted by molar-refractivity contribution is -0.121. The number of furan rings is 1. The third-order valence-electron chi connectivity index (χ3n) is 3.41. The first-order valence-electron chi connectivity index (χ1n) is 8.41. The molecule has 2 aromatic rings. The number of hydrogen-bond acceptors (Lipinski definition) is 4. The fourth-order valence-corrected chi connectivity index (χ4v) is 2.29. The summed E-state index contributed by atoms with van der Waals surface area (Å²) in [7, 11) is 0. The van der Waals surface area contributed by atoms with Gasteiger partial charge in [-0.05, 0) is 45.0 Å². The Hall–Kier alpha value is -2.83. The summed E-state index contributed by atoms with van der Waals surface area (Å²) >= 11 is 0. The van der Waals surface area contributed by atoms with Gasteiger partial charge in [0.05, 0.1) is 0 Å². The topological polar surface area (TPSA) is 80.6 Å². The van der Waals surface area contributed by atoms with Crippen molar-refractivity contribution in [3.8, 4) is 5.75 Å². The molecule has 2 amide bonds. The van der Waals surface area contributed by atoms with Gasteiger partial charge >= 0.3 is 0 Å². The van der Waals surface area contributed by atoms with E-state index in [1.54, 1.807) is 25.1 Å². The Morgan fingerprint density at radius 3 is 2.54 bits per heavy atom. The second-order valence-corrected chi connectivity index (χ2v) is 6.29. The number of halogens is 1. The maximum Gasteiger partial charge on any atom is 0.287 e. The van der Waals surface area contributed by atoms with E-state index in [9.17, 15) is 14.0 Å². The maximum atomic E-state index is 13.5. The molecule has 140 valence electrons. The van der Waals surface area contributed by atoms with E-state index in [1.165, 1.54) is 18.2 Å². The number of carbonyl (C=O) groups excluding carboxylic acids is 2. The van der Waals surface area contributed by atoms with Crippen molar-refractivity contribution < 1.29 is 23.1 Å². The van der Waals surface area contributed by atoms with Crippen LogP contribution < -0.4 is 15.4 Å². The van der Waals surface area contributed by atoms with Crippen molar-refractivity contribution in [2.24, 2.45) is 0 Å². The van der Waals surface area contributed by atoms with Crippen molar-refractivity contribution in [1.29, 1.82) is 0 Å². The smallest absolute Gasteiger partial charge is 0.287 e. The Morgan fingerprint density at radius 2 is 1.85 bits per heavy atom. The normalized spacial score (nSPS) is 11.9. The minimum atomic E-state index is -0.467. The van der Waals surface area contributed by atoms with Gasteiger partial charge in [0.15, 0.2) is 17.3 Å². The van der Waals surface area contributed by atoms with Gasteiger partial charge in [-0.15, -0.1) is 0 Å². The summed E-state index contributed by atoms with van der Waals surface area (Å²) in [5.74, 6) is -0.416. The highest BCUT2D eigenvalue weighted by Gasteiger charge is 2.17. The van der Waals surface area contributed by atoms with E-state index in [0.29, 0.717) is 5.76 Å². The van der Waals surface area contributed by atoms with Crippen molar-refractivity contribution in [2.75, 3.05) is 0 Å². The van der Waals surface area contributed by atoms with Crippen molar-refractivity contribution >= 4 is 11.8 Å². The van der Waals surface area contributed by atoms with Crippen LogP contribution >= 0.6 is 0 Å². The number of hydrogen-bond donors (Lipinski definition) is 2. The van der Waals surface area contributed by atoms with Crippen LogP contribution in [0.25, 0.3) is 0 Å². The fraction of sp³-hybridized carbons (Fsp3) is 0.368. The van der Waals surface area contributed by atoms with Crippen LogP contribution in [0.3, 0.4) is 0 Å². The zero-order valence-corrected chi connectivity index (χ0v) is 15.0. The van der Waals surface area contributed by atoms with E-state index in [2.05, 4.69) is 10.6 Å². The highest BCUT2D eigenvalue weighted by molar-refractivity contribution is 5.92. The predicted molar refractivity (Wildman–Crippen MR) is 94.3 cm³/mol. The molecular formula is C19H23FN2O4. The Morgan fingerprint density at radius 1 is 1.12 bits per heavy atom. The SMILES string of the molecule is CC(C)NC(=O)C[C@H](C)NC(=O)c1ccc(COc2ccccc2F)o1. The monoisotopic (exact) mass is 362 g/mol. The van der Waals surface area contributed by atoms with Gasteiger partial charge in [-0.25, -0.2) is 4.39 Å². The van der Waals surface area contributed by atoms with Crippen LogP contribution in [0.1, 0.15) is 43.5 Å². The zero-order chi connectivity index (χ0) is 19.1. The van der Waals surface area contributed by atoms with E-state index in [0.717, 1.165) is 0 Å². The summed E-state index contributed by atoms with van der Waals surface area (Å²) in [5, 5.41) is 5.47. The van der Waals surface area contributed by atoms with Crippen molar-refractivity contribution in [2.45, 2.75) is 45.9 Å².